The molecule has 16 nitrogen and oxygen atoms in total. The Balaban J connectivity index is 1.52. The number of fused-ring (bicyclic) bond motifs is 1. The fourth-order valence-electron chi connectivity index (χ4n) is 5.67. The molecule has 0 bridgehead atoms. The Bertz CT molecular complexity index is 1600. The normalized spacial score (nSPS) is 31.5. The first-order valence-electron chi connectivity index (χ1n) is 14.3. The van der Waals surface area contributed by atoms with Gasteiger partial charge in [0.15, 0.2) is 23.5 Å². The van der Waals surface area contributed by atoms with Gasteiger partial charge in [-0.25, -0.2) is 0 Å². The molecule has 0 radical (unpaired) electrons. The standard InChI is InChI=1S/C30H36O16/c1-10-20(33)25(38)27(40)30(44-10)43-9-12-6-18(23(36)26(39)21(12)34)46-29-24(37)19-14(32)7-13(31)8-15(19)45-28(29)11-4-16(41-2)22(35)17(5-11)42-3/h4-5,7-8,10,12,18,20-21,23,25-27,30-36,38-40H,6,9H2,1-3H3/t10-,12+,18+,20-,21+,23-,25+,26-,27+,30+/m0/s1. The highest BCUT2D eigenvalue weighted by molar-refractivity contribution is 5.88. The van der Waals surface area contributed by atoms with Crippen LogP contribution in [0.4, 0.5) is 0 Å². The molecule has 1 saturated carbocycles. The van der Waals surface area contributed by atoms with Gasteiger partial charge >= 0.3 is 0 Å². The molecule has 1 aromatic heterocycles. The first kappa shape index (κ1) is 33.5. The first-order chi connectivity index (χ1) is 21.8. The molecule has 5 rings (SSSR count). The van der Waals surface area contributed by atoms with E-state index in [-0.39, 0.29) is 52.6 Å². The van der Waals surface area contributed by atoms with E-state index in [1.54, 1.807) is 0 Å². The van der Waals surface area contributed by atoms with Gasteiger partial charge in [0.1, 0.15) is 59.1 Å². The van der Waals surface area contributed by atoms with Gasteiger partial charge in [-0.2, -0.15) is 0 Å². The highest BCUT2D eigenvalue weighted by atomic mass is 16.7. The summed E-state index contributed by atoms with van der Waals surface area (Å²) in [6.45, 7) is 1.08. The molecule has 0 unspecified atom stereocenters. The number of aliphatic hydroxyl groups is 6. The Morgan fingerprint density at radius 3 is 2.09 bits per heavy atom. The Kier molecular flexibility index (Phi) is 9.53. The number of benzene rings is 2. The zero-order valence-electron chi connectivity index (χ0n) is 24.9. The molecule has 2 aliphatic rings. The van der Waals surface area contributed by atoms with Crippen LogP contribution in [0, 0.1) is 5.92 Å². The lowest BCUT2D eigenvalue weighted by atomic mass is 9.81. The van der Waals surface area contributed by atoms with Crippen LogP contribution in [0.2, 0.25) is 0 Å². The molecule has 46 heavy (non-hydrogen) atoms. The van der Waals surface area contributed by atoms with E-state index in [1.165, 1.54) is 33.3 Å². The predicted molar refractivity (Wildman–Crippen MR) is 155 cm³/mol. The fourth-order valence-corrected chi connectivity index (χ4v) is 5.67. The summed E-state index contributed by atoms with van der Waals surface area (Å²) in [7, 11) is 2.55. The quantitative estimate of drug-likeness (QED) is 0.146. The molecule has 1 aliphatic heterocycles. The summed E-state index contributed by atoms with van der Waals surface area (Å²) < 4.78 is 33.4. The molecule has 2 fully saturated rings. The third-order valence-corrected chi connectivity index (χ3v) is 8.31. The maximum atomic E-state index is 13.8. The number of rotatable bonds is 8. The van der Waals surface area contributed by atoms with Crippen molar-refractivity contribution in [1.82, 2.24) is 0 Å². The molecule has 252 valence electrons. The van der Waals surface area contributed by atoms with Gasteiger partial charge in [0, 0.05) is 23.6 Å². The van der Waals surface area contributed by atoms with Crippen LogP contribution in [0.5, 0.6) is 34.5 Å². The Hall–Kier alpha value is -3.87. The van der Waals surface area contributed by atoms with Crippen LogP contribution in [0.3, 0.4) is 0 Å². The zero-order chi connectivity index (χ0) is 33.6. The molecule has 2 heterocycles. The van der Waals surface area contributed by atoms with Crippen molar-refractivity contribution in [3.63, 3.8) is 0 Å². The Labute approximate surface area is 260 Å². The van der Waals surface area contributed by atoms with E-state index in [9.17, 15) is 50.8 Å². The lowest BCUT2D eigenvalue weighted by molar-refractivity contribution is -0.299. The first-order valence-corrected chi connectivity index (χ1v) is 14.3. The summed E-state index contributed by atoms with van der Waals surface area (Å²) in [6.07, 6.45) is -13.6. The smallest absolute Gasteiger partial charge is 0.239 e. The molecule has 2 aromatic carbocycles. The van der Waals surface area contributed by atoms with Crippen molar-refractivity contribution < 1.29 is 74.1 Å². The minimum Gasteiger partial charge on any atom is -0.508 e. The van der Waals surface area contributed by atoms with Crippen LogP contribution in [0.15, 0.2) is 33.5 Å². The monoisotopic (exact) mass is 652 g/mol. The lowest BCUT2D eigenvalue weighted by Gasteiger charge is -2.42. The van der Waals surface area contributed by atoms with Gasteiger partial charge in [-0.3, -0.25) is 4.79 Å². The third-order valence-electron chi connectivity index (χ3n) is 8.31. The highest BCUT2D eigenvalue weighted by Gasteiger charge is 2.47. The van der Waals surface area contributed by atoms with Crippen LogP contribution in [-0.4, -0.2) is 122 Å². The predicted octanol–water partition coefficient (Wildman–Crippen LogP) is -0.712. The van der Waals surface area contributed by atoms with E-state index in [2.05, 4.69) is 0 Å². The fraction of sp³-hybridized carbons (Fsp3) is 0.500. The number of hydrogen-bond donors (Lipinski definition) is 9. The molecule has 1 aliphatic carbocycles. The number of phenols is 3. The third kappa shape index (κ3) is 6.01. The second-order valence-electron chi connectivity index (χ2n) is 11.3. The van der Waals surface area contributed by atoms with Crippen molar-refractivity contribution in [1.29, 1.82) is 0 Å². The number of aromatic hydroxyl groups is 3. The van der Waals surface area contributed by atoms with Gasteiger partial charge in [0.05, 0.1) is 33.0 Å². The zero-order valence-corrected chi connectivity index (χ0v) is 24.9. The Morgan fingerprint density at radius 2 is 1.46 bits per heavy atom. The van der Waals surface area contributed by atoms with Crippen molar-refractivity contribution >= 4 is 11.0 Å². The largest absolute Gasteiger partial charge is 0.508 e. The van der Waals surface area contributed by atoms with E-state index in [1.807, 2.05) is 0 Å². The SMILES string of the molecule is COc1cc(-c2oc3cc(O)cc(O)c3c(=O)c2O[C@@H]2C[C@H](CO[C@@H]3O[C@@H](C)[C@H](O)[C@@H](O)[C@H]3O)[C@@H](O)[C@H](O)[C@H]2O)cc(OC)c1O. The average Bonchev–Trinajstić information content (AvgIpc) is 3.02. The maximum Gasteiger partial charge on any atom is 0.239 e. The van der Waals surface area contributed by atoms with Gasteiger partial charge in [0.25, 0.3) is 0 Å². The molecule has 0 spiro atoms. The lowest BCUT2D eigenvalue weighted by Crippen LogP contribution is -2.59. The second kappa shape index (κ2) is 13.1. The van der Waals surface area contributed by atoms with Crippen LogP contribution in [0.25, 0.3) is 22.3 Å². The van der Waals surface area contributed by atoms with Gasteiger partial charge in [-0.1, -0.05) is 0 Å². The van der Waals surface area contributed by atoms with Gasteiger partial charge < -0.3 is 74.1 Å². The van der Waals surface area contributed by atoms with Crippen LogP contribution < -0.4 is 19.6 Å². The average molecular weight is 653 g/mol. The molecule has 1 saturated heterocycles. The minimum atomic E-state index is -1.80. The number of aliphatic hydroxyl groups excluding tert-OH is 6. The topological polar surface area (TPSA) is 258 Å². The molecule has 3 aromatic rings. The van der Waals surface area contributed by atoms with Crippen molar-refractivity contribution in [3.8, 4) is 45.8 Å². The van der Waals surface area contributed by atoms with Crippen molar-refractivity contribution in [2.24, 2.45) is 5.92 Å². The van der Waals surface area contributed by atoms with E-state index in [0.29, 0.717) is 0 Å². The molecule has 0 amide bonds. The summed E-state index contributed by atoms with van der Waals surface area (Å²) >= 11 is 0. The number of ether oxygens (including phenoxy) is 5. The number of hydrogen-bond acceptors (Lipinski definition) is 16. The van der Waals surface area contributed by atoms with Crippen molar-refractivity contribution in [2.75, 3.05) is 20.8 Å². The van der Waals surface area contributed by atoms with Crippen LogP contribution >= 0.6 is 0 Å². The van der Waals surface area contributed by atoms with Crippen LogP contribution in [0.1, 0.15) is 13.3 Å². The molecule has 9 N–H and O–H groups in total. The summed E-state index contributed by atoms with van der Waals surface area (Å²) in [4.78, 5) is 13.8. The van der Waals surface area contributed by atoms with Crippen molar-refractivity contribution in [3.05, 3.63) is 34.5 Å². The summed E-state index contributed by atoms with van der Waals surface area (Å²) in [6, 6.07) is 4.59. The molecular weight excluding hydrogens is 616 g/mol. The summed E-state index contributed by atoms with van der Waals surface area (Å²) in [5, 5.41) is 93.3. The van der Waals surface area contributed by atoms with Gasteiger partial charge in [0.2, 0.25) is 16.9 Å². The highest BCUT2D eigenvalue weighted by Crippen LogP contribution is 2.44. The van der Waals surface area contributed by atoms with E-state index >= 15 is 0 Å². The summed E-state index contributed by atoms with van der Waals surface area (Å²) in [5.41, 5.74) is -1.10. The van der Waals surface area contributed by atoms with E-state index in [0.717, 1.165) is 12.1 Å². The van der Waals surface area contributed by atoms with Gasteiger partial charge in [-0.15, -0.1) is 0 Å². The van der Waals surface area contributed by atoms with Crippen LogP contribution in [-0.2, 0) is 9.47 Å². The Morgan fingerprint density at radius 1 is 0.826 bits per heavy atom. The van der Waals surface area contributed by atoms with Gasteiger partial charge in [-0.05, 0) is 25.5 Å². The molecule has 10 atom stereocenters. The molecular formula is C30H36O16. The minimum absolute atomic E-state index is 0.0747. The number of methoxy groups -OCH3 is 2. The number of phenolic OH excluding ortho intramolecular Hbond substituents is 3. The maximum absolute atomic E-state index is 13.8. The summed E-state index contributed by atoms with van der Waals surface area (Å²) in [5.74, 6) is -3.38. The van der Waals surface area contributed by atoms with Crippen molar-refractivity contribution in [2.45, 2.75) is 68.5 Å². The molecule has 16 heteroatoms. The second-order valence-corrected chi connectivity index (χ2v) is 11.3. The van der Waals surface area contributed by atoms with E-state index < -0.39 is 83.7 Å². The van der Waals surface area contributed by atoms with E-state index in [4.69, 9.17) is 28.1 Å².